The van der Waals surface area contributed by atoms with Gasteiger partial charge in [-0.1, -0.05) is 6.58 Å². The van der Waals surface area contributed by atoms with Gasteiger partial charge in [-0.3, -0.25) is 0 Å². The molecule has 0 aromatic heterocycles. The molecule has 0 rings (SSSR count). The van der Waals surface area contributed by atoms with Gasteiger partial charge in [-0.25, -0.2) is 0 Å². The Morgan fingerprint density at radius 1 is 2.00 bits per heavy atom. The van der Waals surface area contributed by atoms with Gasteiger partial charge in [0.15, 0.2) is 0 Å². The minimum Gasteiger partial charge on any atom is -0.458 e. The molecule has 2 nitrogen and oxygen atoms in total. The molecule has 1 unspecified atom stereocenters. The molecule has 0 saturated heterocycles. The van der Waals surface area contributed by atoms with Crippen molar-refractivity contribution in [2.24, 2.45) is 0 Å². The Morgan fingerprint density at radius 2 is 2.60 bits per heavy atom. The average Bonchev–Trinajstić information content (AvgIpc) is 1.41. The molecule has 0 aliphatic heterocycles. The summed E-state index contributed by atoms with van der Waals surface area (Å²) in [7, 11) is -0.460. The molecular weight excluding hydrogens is 87.0 g/mol. The lowest BCUT2D eigenvalue weighted by Gasteiger charge is -1.82. The molecule has 3 heteroatoms. The molecule has 1 atom stereocenters. The predicted molar refractivity (Wildman–Crippen MR) is 21.8 cm³/mol. The zero-order valence-electron chi connectivity index (χ0n) is 2.64. The highest BCUT2D eigenvalue weighted by molar-refractivity contribution is 7.25. The molecule has 0 aromatic rings. The fourth-order valence-corrected chi connectivity index (χ4v) is 0.112. The van der Waals surface area contributed by atoms with E-state index in [2.05, 4.69) is 11.1 Å². The van der Waals surface area contributed by atoms with Gasteiger partial charge < -0.3 is 9.42 Å². The van der Waals surface area contributed by atoms with Crippen LogP contribution in [-0.4, -0.2) is 4.89 Å². The van der Waals surface area contributed by atoms with Crippen molar-refractivity contribution in [3.63, 3.8) is 0 Å². The lowest BCUT2D eigenvalue weighted by atomic mass is 11.2. The van der Waals surface area contributed by atoms with Crippen LogP contribution in [0.15, 0.2) is 12.8 Å². The van der Waals surface area contributed by atoms with Crippen molar-refractivity contribution in [2.75, 3.05) is 0 Å². The van der Waals surface area contributed by atoms with Crippen molar-refractivity contribution >= 4 is 9.03 Å². The van der Waals surface area contributed by atoms with Crippen molar-refractivity contribution in [3.05, 3.63) is 12.8 Å². The fourth-order valence-electron chi connectivity index (χ4n) is 0.0373. The smallest absolute Gasteiger partial charge is 0.211 e. The molecule has 0 radical (unpaired) electrons. The third-order valence-electron chi connectivity index (χ3n) is 0.136. The molecule has 0 heterocycles. The molecule has 0 saturated carbocycles. The van der Waals surface area contributed by atoms with Crippen LogP contribution in [-0.2, 0) is 4.52 Å². The number of hydrogen-bond acceptors (Lipinski definition) is 2. The zero-order valence-corrected chi connectivity index (χ0v) is 3.64. The van der Waals surface area contributed by atoms with Crippen LogP contribution >= 0.6 is 9.03 Å². The third-order valence-corrected chi connectivity index (χ3v) is 0.408. The zero-order chi connectivity index (χ0) is 4.12. The Labute approximate surface area is 32.4 Å². The summed E-state index contributed by atoms with van der Waals surface area (Å²) in [6, 6.07) is 0. The maximum absolute atomic E-state index is 7.80. The topological polar surface area (TPSA) is 29.5 Å². The van der Waals surface area contributed by atoms with E-state index in [0.29, 0.717) is 0 Å². The highest BCUT2D eigenvalue weighted by Gasteiger charge is 1.58. The van der Waals surface area contributed by atoms with Gasteiger partial charge in [-0.05, 0) is 0 Å². The quantitative estimate of drug-likeness (QED) is 0.400. The summed E-state index contributed by atoms with van der Waals surface area (Å²) in [5, 5.41) is 0. The van der Waals surface area contributed by atoms with Crippen molar-refractivity contribution in [1.82, 2.24) is 0 Å². The summed E-state index contributed by atoms with van der Waals surface area (Å²) in [5.41, 5.74) is 0. The molecule has 0 aliphatic carbocycles. The van der Waals surface area contributed by atoms with Crippen molar-refractivity contribution in [2.45, 2.75) is 0 Å². The second kappa shape index (κ2) is 3.93. The standard InChI is InChI=1S/C2H5O2P/c1-2-4-5-3/h2-3,5H,1H2. The number of hydrogen-bond donors (Lipinski definition) is 1. The molecule has 0 aliphatic rings. The van der Waals surface area contributed by atoms with E-state index < -0.39 is 9.03 Å². The molecule has 0 bridgehead atoms. The Hall–Kier alpha value is -0.0700. The SMILES string of the molecule is C=COPO. The summed E-state index contributed by atoms with van der Waals surface area (Å²) in [6.07, 6.45) is 1.19. The molecule has 1 N–H and O–H groups in total. The van der Waals surface area contributed by atoms with Crippen LogP contribution in [0.2, 0.25) is 0 Å². The van der Waals surface area contributed by atoms with E-state index in [0.717, 1.165) is 0 Å². The van der Waals surface area contributed by atoms with Gasteiger partial charge in [-0.15, -0.1) is 0 Å². The van der Waals surface area contributed by atoms with E-state index in [1.807, 2.05) is 0 Å². The van der Waals surface area contributed by atoms with Gasteiger partial charge in [0.05, 0.1) is 6.26 Å². The normalized spacial score (nSPS) is 9.00. The van der Waals surface area contributed by atoms with Gasteiger partial charge in [0.25, 0.3) is 0 Å². The molecular formula is C2H5O2P. The molecule has 30 valence electrons. The Kier molecular flexibility index (Phi) is 3.87. The summed E-state index contributed by atoms with van der Waals surface area (Å²) in [4.78, 5) is 7.80. The van der Waals surface area contributed by atoms with Crippen LogP contribution < -0.4 is 0 Å². The van der Waals surface area contributed by atoms with Crippen LogP contribution in [0.4, 0.5) is 0 Å². The van der Waals surface area contributed by atoms with Gasteiger partial charge in [0, 0.05) is 0 Å². The van der Waals surface area contributed by atoms with Crippen molar-refractivity contribution < 1.29 is 9.42 Å². The molecule has 5 heavy (non-hydrogen) atoms. The second-order valence-electron chi connectivity index (χ2n) is 0.376. The van der Waals surface area contributed by atoms with Crippen LogP contribution in [0, 0.1) is 0 Å². The Bertz CT molecular complexity index is 28.8. The molecule has 0 spiro atoms. The first-order chi connectivity index (χ1) is 2.41. The van der Waals surface area contributed by atoms with Crippen LogP contribution in [0.5, 0.6) is 0 Å². The molecule has 0 aromatic carbocycles. The van der Waals surface area contributed by atoms with Gasteiger partial charge in [-0.2, -0.15) is 0 Å². The van der Waals surface area contributed by atoms with E-state index in [9.17, 15) is 0 Å². The van der Waals surface area contributed by atoms with Crippen LogP contribution in [0.1, 0.15) is 0 Å². The molecule has 0 fully saturated rings. The Morgan fingerprint density at radius 3 is 2.60 bits per heavy atom. The van der Waals surface area contributed by atoms with E-state index in [1.165, 1.54) is 6.26 Å². The maximum atomic E-state index is 7.80. The van der Waals surface area contributed by atoms with E-state index >= 15 is 0 Å². The third kappa shape index (κ3) is 3.93. The fraction of sp³-hybridized carbons (Fsp3) is 0. The monoisotopic (exact) mass is 92.0 g/mol. The summed E-state index contributed by atoms with van der Waals surface area (Å²) >= 11 is 0. The van der Waals surface area contributed by atoms with E-state index in [-0.39, 0.29) is 0 Å². The summed E-state index contributed by atoms with van der Waals surface area (Å²) < 4.78 is 4.18. The first-order valence-corrected chi connectivity index (χ1v) is 1.93. The predicted octanol–water partition coefficient (Wildman–Crippen LogP) is 0.647. The lowest BCUT2D eigenvalue weighted by molar-refractivity contribution is 0.466. The number of rotatable bonds is 2. The van der Waals surface area contributed by atoms with E-state index in [4.69, 9.17) is 4.89 Å². The van der Waals surface area contributed by atoms with Gasteiger partial charge in [0.1, 0.15) is 0 Å². The van der Waals surface area contributed by atoms with Crippen molar-refractivity contribution in [1.29, 1.82) is 0 Å². The van der Waals surface area contributed by atoms with Gasteiger partial charge in [0.2, 0.25) is 9.03 Å². The minimum atomic E-state index is -0.460. The minimum absolute atomic E-state index is 0.460. The Balaban J connectivity index is 2.40. The lowest BCUT2D eigenvalue weighted by Crippen LogP contribution is -1.48. The molecule has 0 amide bonds. The van der Waals surface area contributed by atoms with Crippen LogP contribution in [0.3, 0.4) is 0 Å². The highest BCUT2D eigenvalue weighted by atomic mass is 31.1. The average molecular weight is 92.0 g/mol. The van der Waals surface area contributed by atoms with Gasteiger partial charge >= 0.3 is 0 Å². The van der Waals surface area contributed by atoms with Crippen molar-refractivity contribution in [3.8, 4) is 0 Å². The largest absolute Gasteiger partial charge is 0.458 e. The summed E-state index contributed by atoms with van der Waals surface area (Å²) in [6.45, 7) is 3.18. The van der Waals surface area contributed by atoms with Crippen LogP contribution in [0.25, 0.3) is 0 Å². The highest BCUT2D eigenvalue weighted by Crippen LogP contribution is 2.00. The maximum Gasteiger partial charge on any atom is 0.211 e. The summed E-state index contributed by atoms with van der Waals surface area (Å²) in [5.74, 6) is 0. The van der Waals surface area contributed by atoms with E-state index in [1.54, 1.807) is 0 Å². The first-order valence-electron chi connectivity index (χ1n) is 1.07. The first kappa shape index (κ1) is 4.93. The second-order valence-corrected chi connectivity index (χ2v) is 0.794.